The Hall–Kier alpha value is -1.78. The average Bonchev–Trinajstić information content (AvgIpc) is 2.70. The lowest BCUT2D eigenvalue weighted by atomic mass is 10.1. The minimum atomic E-state index is -0.101. The predicted molar refractivity (Wildman–Crippen MR) is 75.4 cm³/mol. The number of nitrogens with two attached hydrogens (primary N) is 1. The van der Waals surface area contributed by atoms with Crippen molar-refractivity contribution in [1.29, 1.82) is 0 Å². The number of hydrogen-bond acceptors (Lipinski definition) is 5. The molecule has 1 aliphatic heterocycles. The van der Waals surface area contributed by atoms with Crippen LogP contribution in [-0.4, -0.2) is 36.6 Å². The molecule has 2 aliphatic rings. The second-order valence-electron chi connectivity index (χ2n) is 4.81. The zero-order valence-electron chi connectivity index (χ0n) is 11.3. The summed E-state index contributed by atoms with van der Waals surface area (Å²) in [6, 6.07) is 0. The Labute approximate surface area is 108 Å². The van der Waals surface area contributed by atoms with Gasteiger partial charge in [-0.25, -0.2) is 9.98 Å². The Bertz CT molecular complexity index is 444. The highest BCUT2D eigenvalue weighted by molar-refractivity contribution is 5.99. The minimum Gasteiger partial charge on any atom is -0.370 e. The molecule has 1 aliphatic carbocycles. The van der Waals surface area contributed by atoms with E-state index in [9.17, 15) is 0 Å². The van der Waals surface area contributed by atoms with Crippen molar-refractivity contribution in [3.63, 3.8) is 0 Å². The predicted octanol–water partition coefficient (Wildman–Crippen LogP) is 1.20. The number of guanidine groups is 2. The molecule has 0 saturated heterocycles. The second kappa shape index (κ2) is 5.25. The van der Waals surface area contributed by atoms with Crippen molar-refractivity contribution in [3.05, 3.63) is 23.3 Å². The summed E-state index contributed by atoms with van der Waals surface area (Å²) in [7, 11) is 2.02. The first-order valence-corrected chi connectivity index (χ1v) is 6.30. The van der Waals surface area contributed by atoms with Crippen LogP contribution in [0.2, 0.25) is 0 Å². The van der Waals surface area contributed by atoms with Crippen LogP contribution < -0.4 is 11.1 Å². The smallest absolute Gasteiger partial charge is 0.202 e. The Morgan fingerprint density at radius 2 is 2.28 bits per heavy atom. The lowest BCUT2D eigenvalue weighted by molar-refractivity contribution is 0.487. The van der Waals surface area contributed by atoms with Gasteiger partial charge in [0, 0.05) is 13.6 Å². The molecule has 18 heavy (non-hydrogen) atoms. The summed E-state index contributed by atoms with van der Waals surface area (Å²) < 4.78 is 0. The molecule has 0 saturated carbocycles. The van der Waals surface area contributed by atoms with Crippen LogP contribution in [0.3, 0.4) is 0 Å². The van der Waals surface area contributed by atoms with E-state index in [2.05, 4.69) is 39.3 Å². The van der Waals surface area contributed by atoms with Crippen molar-refractivity contribution in [2.24, 2.45) is 15.7 Å². The molecule has 1 unspecified atom stereocenters. The molecule has 0 radical (unpaired) electrons. The molecule has 2 rings (SSSR count). The third-order valence-corrected chi connectivity index (χ3v) is 3.24. The summed E-state index contributed by atoms with van der Waals surface area (Å²) in [5.74, 6) is 1.24. The van der Waals surface area contributed by atoms with E-state index in [0.29, 0.717) is 5.96 Å². The zero-order chi connectivity index (χ0) is 13.1. The number of allylic oxidation sites excluding steroid dienone is 3. The zero-order valence-corrected chi connectivity index (χ0v) is 11.3. The van der Waals surface area contributed by atoms with E-state index < -0.39 is 0 Å². The highest BCUT2D eigenvalue weighted by atomic mass is 15.4. The van der Waals surface area contributed by atoms with Crippen LogP contribution in [0.25, 0.3) is 0 Å². The molecular weight excluding hydrogens is 226 g/mol. The van der Waals surface area contributed by atoms with Gasteiger partial charge in [0.1, 0.15) is 6.17 Å². The monoisotopic (exact) mass is 247 g/mol. The van der Waals surface area contributed by atoms with E-state index in [-0.39, 0.29) is 6.17 Å². The Morgan fingerprint density at radius 1 is 1.50 bits per heavy atom. The van der Waals surface area contributed by atoms with Gasteiger partial charge in [0.05, 0.1) is 0 Å². The fraction of sp³-hybridized carbons (Fsp3) is 0.538. The molecule has 3 N–H and O–H groups in total. The topological polar surface area (TPSA) is 66.0 Å². The third kappa shape index (κ3) is 2.91. The minimum absolute atomic E-state index is 0.101. The first-order chi connectivity index (χ1) is 8.56. The van der Waals surface area contributed by atoms with Crippen LogP contribution in [0.1, 0.15) is 26.7 Å². The number of nitrogens with one attached hydrogen (secondary N) is 1. The maximum atomic E-state index is 5.70. The normalized spacial score (nSPS) is 22.7. The molecule has 1 heterocycles. The highest BCUT2D eigenvalue weighted by Crippen LogP contribution is 2.21. The van der Waals surface area contributed by atoms with Crippen molar-refractivity contribution >= 4 is 11.9 Å². The van der Waals surface area contributed by atoms with Gasteiger partial charge in [-0.1, -0.05) is 17.7 Å². The van der Waals surface area contributed by atoms with Gasteiger partial charge in [0.25, 0.3) is 0 Å². The van der Waals surface area contributed by atoms with Crippen molar-refractivity contribution in [2.45, 2.75) is 32.9 Å². The second-order valence-corrected chi connectivity index (χ2v) is 4.81. The van der Waals surface area contributed by atoms with E-state index in [4.69, 9.17) is 5.73 Å². The molecule has 0 amide bonds. The molecule has 0 aromatic carbocycles. The van der Waals surface area contributed by atoms with Gasteiger partial charge in [-0.3, -0.25) is 5.32 Å². The van der Waals surface area contributed by atoms with Crippen LogP contribution in [0.4, 0.5) is 0 Å². The fourth-order valence-corrected chi connectivity index (χ4v) is 2.12. The van der Waals surface area contributed by atoms with E-state index in [1.165, 1.54) is 11.1 Å². The molecule has 0 spiro atoms. The van der Waals surface area contributed by atoms with Crippen LogP contribution in [0.5, 0.6) is 0 Å². The van der Waals surface area contributed by atoms with Crippen molar-refractivity contribution in [2.75, 3.05) is 13.6 Å². The highest BCUT2D eigenvalue weighted by Gasteiger charge is 2.15. The maximum Gasteiger partial charge on any atom is 0.202 e. The van der Waals surface area contributed by atoms with Gasteiger partial charge < -0.3 is 10.6 Å². The number of nitrogens with zero attached hydrogens (tertiary/aromatic N) is 3. The summed E-state index contributed by atoms with van der Waals surface area (Å²) in [5, 5.41) is 3.00. The number of aliphatic imine (C=N–C) groups is 2. The van der Waals surface area contributed by atoms with Crippen LogP contribution in [0, 0.1) is 0 Å². The first-order valence-electron chi connectivity index (χ1n) is 6.30. The molecule has 5 heteroatoms. The van der Waals surface area contributed by atoms with Gasteiger partial charge in [-0.2, -0.15) is 0 Å². The van der Waals surface area contributed by atoms with Crippen LogP contribution in [0.15, 0.2) is 33.3 Å². The van der Waals surface area contributed by atoms with Gasteiger partial charge >= 0.3 is 0 Å². The lowest BCUT2D eigenvalue weighted by Gasteiger charge is -2.25. The van der Waals surface area contributed by atoms with Crippen molar-refractivity contribution < 1.29 is 0 Å². The summed E-state index contributed by atoms with van der Waals surface area (Å²) in [6.07, 6.45) is 6.46. The summed E-state index contributed by atoms with van der Waals surface area (Å²) >= 11 is 0. The fourth-order valence-electron chi connectivity index (χ4n) is 2.12. The van der Waals surface area contributed by atoms with Gasteiger partial charge in [0.15, 0.2) is 5.96 Å². The third-order valence-electron chi connectivity index (χ3n) is 3.24. The molecular formula is C13H21N5. The van der Waals surface area contributed by atoms with Gasteiger partial charge in [0.2, 0.25) is 5.96 Å². The Morgan fingerprint density at radius 3 is 2.89 bits per heavy atom. The standard InChI is InChI=1S/C13H21N5/c1-9-5-4-6-11(9)7-8-18(3)13-16-10(2)15-12(14)17-13/h4,6,10H,5,7-8H2,1-3H3,(H3,14,15,16,17). The summed E-state index contributed by atoms with van der Waals surface area (Å²) in [4.78, 5) is 10.6. The van der Waals surface area contributed by atoms with Gasteiger partial charge in [-0.05, 0) is 32.3 Å². The molecule has 98 valence electrons. The number of rotatable bonds is 3. The van der Waals surface area contributed by atoms with Crippen molar-refractivity contribution in [3.8, 4) is 0 Å². The summed E-state index contributed by atoms with van der Waals surface area (Å²) in [6.45, 7) is 5.04. The molecule has 1 atom stereocenters. The first kappa shape index (κ1) is 12.7. The van der Waals surface area contributed by atoms with Gasteiger partial charge in [-0.15, -0.1) is 0 Å². The van der Waals surface area contributed by atoms with Crippen LogP contribution in [-0.2, 0) is 0 Å². The SMILES string of the molecule is CC1=C(CCN(C)C2=NC(C)N=C(N)N2)C=CC1. The molecule has 0 aromatic heterocycles. The quantitative estimate of drug-likeness (QED) is 0.787. The van der Waals surface area contributed by atoms with E-state index in [1.807, 2.05) is 14.0 Å². The largest absolute Gasteiger partial charge is 0.370 e. The summed E-state index contributed by atoms with van der Waals surface area (Å²) in [5.41, 5.74) is 8.61. The molecule has 0 bridgehead atoms. The average molecular weight is 247 g/mol. The molecule has 0 fully saturated rings. The van der Waals surface area contributed by atoms with E-state index >= 15 is 0 Å². The lowest BCUT2D eigenvalue weighted by Crippen LogP contribution is -2.48. The Kier molecular flexibility index (Phi) is 3.69. The number of hydrogen-bond donors (Lipinski definition) is 2. The Balaban J connectivity index is 1.91. The van der Waals surface area contributed by atoms with E-state index in [0.717, 1.165) is 25.3 Å². The maximum absolute atomic E-state index is 5.70. The van der Waals surface area contributed by atoms with E-state index in [1.54, 1.807) is 0 Å². The van der Waals surface area contributed by atoms with Crippen molar-refractivity contribution in [1.82, 2.24) is 10.2 Å². The molecule has 5 nitrogen and oxygen atoms in total. The molecule has 0 aromatic rings. The van der Waals surface area contributed by atoms with Crippen LogP contribution >= 0.6 is 0 Å².